The van der Waals surface area contributed by atoms with Crippen molar-refractivity contribution in [1.29, 1.82) is 0 Å². The maximum Gasteiger partial charge on any atom is 0.227 e. The number of piperidine rings is 1. The summed E-state index contributed by atoms with van der Waals surface area (Å²) >= 11 is 0. The predicted octanol–water partition coefficient (Wildman–Crippen LogP) is 1.73. The lowest BCUT2D eigenvalue weighted by Gasteiger charge is -2.35. The van der Waals surface area contributed by atoms with Gasteiger partial charge in [0.2, 0.25) is 5.91 Å². The van der Waals surface area contributed by atoms with Crippen LogP contribution in [0.5, 0.6) is 0 Å². The molecule has 1 aliphatic rings. The molecule has 3 N–H and O–H groups in total. The van der Waals surface area contributed by atoms with Gasteiger partial charge in [-0.2, -0.15) is 0 Å². The van der Waals surface area contributed by atoms with E-state index in [4.69, 9.17) is 0 Å². The highest BCUT2D eigenvalue weighted by atomic mass is 19.1. The topological polar surface area (TPSA) is 68.8 Å². The Morgan fingerprint density at radius 2 is 2.19 bits per heavy atom. The molecule has 0 bridgehead atoms. The number of nitrogens with one attached hydrogen (secondary N) is 3. The van der Waals surface area contributed by atoms with Gasteiger partial charge in [-0.3, -0.25) is 9.79 Å². The largest absolute Gasteiger partial charge is 0.369 e. The third kappa shape index (κ3) is 5.34. The van der Waals surface area contributed by atoms with Crippen LogP contribution < -0.4 is 20.9 Å². The number of guanidine groups is 1. The highest BCUT2D eigenvalue weighted by molar-refractivity contribution is 5.84. The molecule has 26 heavy (non-hydrogen) atoms. The molecule has 1 amide bonds. The number of aliphatic imine (C=N–C) groups is 1. The maximum absolute atomic E-state index is 13.5. The van der Waals surface area contributed by atoms with Gasteiger partial charge in [-0.15, -0.1) is 0 Å². The molecular formula is C19H30FN5O. The molecule has 0 radical (unpaired) electrons. The molecule has 1 aromatic carbocycles. The molecule has 7 heteroatoms. The van der Waals surface area contributed by atoms with Crippen LogP contribution in [0, 0.1) is 11.2 Å². The smallest absolute Gasteiger partial charge is 0.227 e. The molecule has 0 spiro atoms. The first-order valence-corrected chi connectivity index (χ1v) is 9.05. The molecule has 1 saturated heterocycles. The van der Waals surface area contributed by atoms with E-state index in [-0.39, 0.29) is 17.8 Å². The van der Waals surface area contributed by atoms with Crippen LogP contribution in [0.15, 0.2) is 29.3 Å². The first-order valence-electron chi connectivity index (χ1n) is 9.05. The number of anilines is 1. The van der Waals surface area contributed by atoms with E-state index in [1.165, 1.54) is 6.07 Å². The van der Waals surface area contributed by atoms with Gasteiger partial charge in [-0.05, 0) is 44.9 Å². The van der Waals surface area contributed by atoms with E-state index >= 15 is 0 Å². The van der Waals surface area contributed by atoms with Gasteiger partial charge in [0.05, 0.1) is 5.41 Å². The number of hydrogen-bond acceptors (Lipinski definition) is 3. The van der Waals surface area contributed by atoms with Crippen molar-refractivity contribution >= 4 is 17.6 Å². The Morgan fingerprint density at radius 1 is 1.42 bits per heavy atom. The van der Waals surface area contributed by atoms with Crippen molar-refractivity contribution in [2.45, 2.75) is 32.7 Å². The average molecular weight is 363 g/mol. The Balaban J connectivity index is 1.92. The number of nitrogens with zero attached hydrogens (tertiary/aromatic N) is 2. The monoisotopic (exact) mass is 363 g/mol. The minimum atomic E-state index is -0.535. The molecule has 1 heterocycles. The van der Waals surface area contributed by atoms with Crippen molar-refractivity contribution < 1.29 is 9.18 Å². The van der Waals surface area contributed by atoms with Crippen LogP contribution in [0.1, 0.15) is 26.7 Å². The lowest BCUT2D eigenvalue weighted by molar-refractivity contribution is -0.128. The SMILES string of the molecule is CN=C(NCC(C)(C)C(=O)NC)NC1CCCN(c2cccc(F)c2)C1. The number of rotatable bonds is 5. The van der Waals surface area contributed by atoms with Crippen LogP contribution in [-0.2, 0) is 4.79 Å². The van der Waals surface area contributed by atoms with Gasteiger partial charge in [0.15, 0.2) is 5.96 Å². The van der Waals surface area contributed by atoms with E-state index in [0.29, 0.717) is 12.5 Å². The van der Waals surface area contributed by atoms with Crippen LogP contribution in [0.4, 0.5) is 10.1 Å². The zero-order valence-corrected chi connectivity index (χ0v) is 16.1. The molecule has 0 saturated carbocycles. The highest BCUT2D eigenvalue weighted by Crippen LogP contribution is 2.20. The zero-order chi connectivity index (χ0) is 19.2. The van der Waals surface area contributed by atoms with Crippen LogP contribution in [0.3, 0.4) is 0 Å². The Hall–Kier alpha value is -2.31. The Labute approximate surface area is 155 Å². The van der Waals surface area contributed by atoms with Crippen molar-refractivity contribution in [3.63, 3.8) is 0 Å². The number of amides is 1. The summed E-state index contributed by atoms with van der Waals surface area (Å²) in [5, 5.41) is 9.34. The van der Waals surface area contributed by atoms with Gasteiger partial charge in [0.1, 0.15) is 5.82 Å². The molecule has 1 fully saturated rings. The molecule has 0 aromatic heterocycles. The molecule has 1 unspecified atom stereocenters. The lowest BCUT2D eigenvalue weighted by atomic mass is 9.92. The summed E-state index contributed by atoms with van der Waals surface area (Å²) in [6, 6.07) is 6.92. The predicted molar refractivity (Wildman–Crippen MR) is 104 cm³/mol. The molecule has 1 aliphatic heterocycles. The van der Waals surface area contributed by atoms with Gasteiger partial charge in [-0.1, -0.05) is 6.07 Å². The first kappa shape index (κ1) is 20.0. The van der Waals surface area contributed by atoms with E-state index in [0.717, 1.165) is 31.6 Å². The number of benzene rings is 1. The fourth-order valence-corrected chi connectivity index (χ4v) is 3.11. The molecule has 0 aliphatic carbocycles. The van der Waals surface area contributed by atoms with Gasteiger partial charge < -0.3 is 20.9 Å². The van der Waals surface area contributed by atoms with Crippen LogP contribution >= 0.6 is 0 Å². The fraction of sp³-hybridized carbons (Fsp3) is 0.579. The van der Waals surface area contributed by atoms with Crippen molar-refractivity contribution in [3.8, 4) is 0 Å². The molecule has 1 atom stereocenters. The second-order valence-electron chi connectivity index (χ2n) is 7.30. The normalized spacial score (nSPS) is 18.4. The van der Waals surface area contributed by atoms with Crippen molar-refractivity contribution in [2.24, 2.45) is 10.4 Å². The van der Waals surface area contributed by atoms with Crippen molar-refractivity contribution in [2.75, 3.05) is 38.6 Å². The second-order valence-corrected chi connectivity index (χ2v) is 7.30. The maximum atomic E-state index is 13.5. The number of halogens is 1. The summed E-state index contributed by atoms with van der Waals surface area (Å²) in [4.78, 5) is 18.4. The third-order valence-corrected chi connectivity index (χ3v) is 4.70. The standard InChI is InChI=1S/C19H30FN5O/c1-19(2,17(26)21-3)13-23-18(22-4)24-15-8-6-10-25(12-15)16-9-5-7-14(20)11-16/h5,7,9,11,15H,6,8,10,12-13H2,1-4H3,(H,21,26)(H2,22,23,24). The van der Waals surface area contributed by atoms with E-state index in [1.54, 1.807) is 26.2 Å². The van der Waals surface area contributed by atoms with E-state index in [2.05, 4.69) is 25.8 Å². The van der Waals surface area contributed by atoms with Crippen LogP contribution in [0.25, 0.3) is 0 Å². The van der Waals surface area contributed by atoms with Crippen LogP contribution in [0.2, 0.25) is 0 Å². The van der Waals surface area contributed by atoms with Gasteiger partial charge in [0.25, 0.3) is 0 Å². The number of hydrogen-bond donors (Lipinski definition) is 3. The summed E-state index contributed by atoms with van der Waals surface area (Å²) in [5.74, 6) is 0.440. The summed E-state index contributed by atoms with van der Waals surface area (Å²) in [6.45, 7) is 5.95. The van der Waals surface area contributed by atoms with E-state index in [9.17, 15) is 9.18 Å². The van der Waals surface area contributed by atoms with Crippen LogP contribution in [-0.4, -0.2) is 51.6 Å². The van der Waals surface area contributed by atoms with Gasteiger partial charge in [-0.25, -0.2) is 4.39 Å². The summed E-state index contributed by atoms with van der Waals surface area (Å²) in [6.07, 6.45) is 2.04. The third-order valence-electron chi connectivity index (χ3n) is 4.70. The quantitative estimate of drug-likeness (QED) is 0.551. The Morgan fingerprint density at radius 3 is 2.85 bits per heavy atom. The zero-order valence-electron chi connectivity index (χ0n) is 16.1. The van der Waals surface area contributed by atoms with E-state index in [1.807, 2.05) is 19.9 Å². The Bertz CT molecular complexity index is 647. The highest BCUT2D eigenvalue weighted by Gasteiger charge is 2.27. The minimum absolute atomic E-state index is 0.0181. The second kappa shape index (κ2) is 8.87. The number of carbonyl (C=O) groups excluding carboxylic acids is 1. The number of carbonyl (C=O) groups is 1. The van der Waals surface area contributed by atoms with Crippen molar-refractivity contribution in [1.82, 2.24) is 16.0 Å². The molecule has 144 valence electrons. The summed E-state index contributed by atoms with van der Waals surface area (Å²) in [5.41, 5.74) is 0.368. The summed E-state index contributed by atoms with van der Waals surface area (Å²) < 4.78 is 13.5. The lowest BCUT2D eigenvalue weighted by Crippen LogP contribution is -2.53. The first-order chi connectivity index (χ1) is 12.4. The molecule has 2 rings (SSSR count). The molecular weight excluding hydrogens is 333 g/mol. The molecule has 6 nitrogen and oxygen atoms in total. The Kier molecular flexibility index (Phi) is 6.83. The van der Waals surface area contributed by atoms with Gasteiger partial charge >= 0.3 is 0 Å². The van der Waals surface area contributed by atoms with Gasteiger partial charge in [0, 0.05) is 45.5 Å². The fourth-order valence-electron chi connectivity index (χ4n) is 3.11. The van der Waals surface area contributed by atoms with Crippen molar-refractivity contribution in [3.05, 3.63) is 30.1 Å². The minimum Gasteiger partial charge on any atom is -0.369 e. The molecule has 1 aromatic rings. The average Bonchev–Trinajstić information content (AvgIpc) is 2.64. The summed E-state index contributed by atoms with van der Waals surface area (Å²) in [7, 11) is 3.36. The van der Waals surface area contributed by atoms with E-state index < -0.39 is 5.41 Å².